The van der Waals surface area contributed by atoms with E-state index >= 15 is 0 Å². The van der Waals surface area contributed by atoms with Gasteiger partial charge in [-0.3, -0.25) is 0 Å². The summed E-state index contributed by atoms with van der Waals surface area (Å²) in [4.78, 5) is 32.5. The molecular weight excluding hydrogens is 487 g/mol. The van der Waals surface area contributed by atoms with E-state index in [2.05, 4.69) is 20.8 Å². The standard InChI is InChI=1S/C14H13BrNO5PSe.ClH/c1-16(2)6-10-11(15)8-4-3-7-5-9(22(18,19)20)14(17)21-12(7)13(8)23-10;/h3-5H,6H2,1-2H3,(H2,18,19,20);1H. The Labute approximate surface area is 157 Å². The molecule has 2 aromatic heterocycles. The van der Waals surface area contributed by atoms with E-state index in [4.69, 9.17) is 4.42 Å². The first-order valence-corrected chi connectivity index (χ1v) is 10.7. The van der Waals surface area contributed by atoms with Crippen LogP contribution in [0.5, 0.6) is 0 Å². The van der Waals surface area contributed by atoms with Gasteiger partial charge in [0.1, 0.15) is 0 Å². The molecule has 3 rings (SSSR count). The minimum atomic E-state index is -4.65. The number of hydrogen-bond acceptors (Lipinski definition) is 4. The Hall–Kier alpha value is -0.431. The van der Waals surface area contributed by atoms with Gasteiger partial charge in [0.25, 0.3) is 0 Å². The largest absolute Gasteiger partial charge is 0.147 e. The molecule has 6 nitrogen and oxygen atoms in total. The molecule has 0 unspecified atom stereocenters. The van der Waals surface area contributed by atoms with Gasteiger partial charge in [-0.15, -0.1) is 12.4 Å². The number of fused-ring (bicyclic) bond motifs is 3. The molecule has 0 saturated carbocycles. The van der Waals surface area contributed by atoms with Crippen molar-refractivity contribution in [1.82, 2.24) is 4.90 Å². The molecule has 0 radical (unpaired) electrons. The number of nitrogens with zero attached hydrogens (tertiary/aromatic N) is 1. The molecule has 1 aromatic carbocycles. The summed E-state index contributed by atoms with van der Waals surface area (Å²) in [5.74, 6) is 0. The van der Waals surface area contributed by atoms with Crippen LogP contribution < -0.4 is 10.9 Å². The molecule has 2 heterocycles. The maximum Gasteiger partial charge on any atom is -0.147 e. The van der Waals surface area contributed by atoms with Gasteiger partial charge in [-0.25, -0.2) is 0 Å². The van der Waals surface area contributed by atoms with Crippen LogP contribution in [0.3, 0.4) is 0 Å². The third-order valence-corrected chi connectivity index (χ3v) is 8.25. The van der Waals surface area contributed by atoms with Gasteiger partial charge in [0, 0.05) is 0 Å². The predicted molar refractivity (Wildman–Crippen MR) is 101 cm³/mol. The first-order valence-electron chi connectivity index (χ1n) is 6.57. The van der Waals surface area contributed by atoms with Crippen molar-refractivity contribution in [3.05, 3.63) is 37.5 Å². The first-order chi connectivity index (χ1) is 10.7. The third-order valence-electron chi connectivity index (χ3n) is 3.32. The Kier molecular flexibility index (Phi) is 5.85. The second-order valence-corrected chi connectivity index (χ2v) is 10.1. The summed E-state index contributed by atoms with van der Waals surface area (Å²) < 4.78 is 19.8. The summed E-state index contributed by atoms with van der Waals surface area (Å²) in [5, 5.41) is 0.896. The van der Waals surface area contributed by atoms with Gasteiger partial charge in [0.2, 0.25) is 0 Å². The van der Waals surface area contributed by atoms with E-state index < -0.39 is 18.5 Å². The van der Waals surface area contributed by atoms with E-state index in [0.29, 0.717) is 11.0 Å². The van der Waals surface area contributed by atoms with Crippen LogP contribution in [0.4, 0.5) is 0 Å². The summed E-state index contributed by atoms with van der Waals surface area (Å²) in [6.07, 6.45) is 0. The van der Waals surface area contributed by atoms with E-state index in [1.807, 2.05) is 20.2 Å². The van der Waals surface area contributed by atoms with Crippen LogP contribution in [-0.2, 0) is 11.1 Å². The zero-order valence-corrected chi connectivity index (χ0v) is 17.7. The molecule has 3 aromatic rings. The van der Waals surface area contributed by atoms with Crippen molar-refractivity contribution < 1.29 is 18.8 Å². The van der Waals surface area contributed by atoms with Gasteiger partial charge in [-0.2, -0.15) is 0 Å². The van der Waals surface area contributed by atoms with Crippen LogP contribution in [0.2, 0.25) is 0 Å². The fourth-order valence-corrected chi connectivity index (χ4v) is 6.82. The van der Waals surface area contributed by atoms with Gasteiger partial charge < -0.3 is 0 Å². The zero-order chi connectivity index (χ0) is 16.9. The van der Waals surface area contributed by atoms with E-state index in [-0.39, 0.29) is 26.9 Å². The van der Waals surface area contributed by atoms with E-state index in [1.54, 1.807) is 6.07 Å². The second-order valence-electron chi connectivity index (χ2n) is 5.40. The summed E-state index contributed by atoms with van der Waals surface area (Å²) in [6, 6.07) is 4.83. The molecule has 0 amide bonds. The minimum absolute atomic E-state index is 0. The number of hydrogen-bond donors (Lipinski definition) is 2. The SMILES string of the molecule is CN(C)Cc1[se]c2c(ccc3cc(P(=O)(O)O)c(=O)oc32)c1Br.Cl. The summed E-state index contributed by atoms with van der Waals surface area (Å²) in [7, 11) is -0.684. The average Bonchev–Trinajstić information content (AvgIpc) is 2.74. The Morgan fingerprint density at radius 1 is 1.33 bits per heavy atom. The van der Waals surface area contributed by atoms with E-state index in [1.165, 1.54) is 10.5 Å². The predicted octanol–water partition coefficient (Wildman–Crippen LogP) is 2.05. The molecule has 0 spiro atoms. The van der Waals surface area contributed by atoms with Crippen molar-refractivity contribution in [2.75, 3.05) is 14.1 Å². The molecule has 130 valence electrons. The quantitative estimate of drug-likeness (QED) is 0.324. The molecule has 0 bridgehead atoms. The first kappa shape index (κ1) is 19.9. The van der Waals surface area contributed by atoms with Crippen molar-refractivity contribution in [2.24, 2.45) is 0 Å². The monoisotopic (exact) mass is 501 g/mol. The zero-order valence-electron chi connectivity index (χ0n) is 12.6. The Morgan fingerprint density at radius 2 is 2.00 bits per heavy atom. The van der Waals surface area contributed by atoms with Gasteiger partial charge in [0.15, 0.2) is 0 Å². The molecule has 0 saturated heterocycles. The van der Waals surface area contributed by atoms with Gasteiger partial charge in [-0.1, -0.05) is 0 Å². The van der Waals surface area contributed by atoms with Gasteiger partial charge >= 0.3 is 146 Å². The Bertz CT molecular complexity index is 1030. The minimum Gasteiger partial charge on any atom is -0.147 e. The van der Waals surface area contributed by atoms with Gasteiger partial charge in [0.05, 0.1) is 0 Å². The van der Waals surface area contributed by atoms with Crippen molar-refractivity contribution in [2.45, 2.75) is 6.54 Å². The number of benzene rings is 1. The fourth-order valence-electron chi connectivity index (χ4n) is 2.33. The Morgan fingerprint density at radius 3 is 2.58 bits per heavy atom. The van der Waals surface area contributed by atoms with Crippen LogP contribution in [0, 0.1) is 0 Å². The molecule has 0 aliphatic rings. The number of halogens is 2. The second kappa shape index (κ2) is 7.06. The van der Waals surface area contributed by atoms with Crippen molar-refractivity contribution in [1.29, 1.82) is 0 Å². The molecular formula is C14H14BrClNO5PSe. The molecule has 0 atom stereocenters. The average molecular weight is 502 g/mol. The molecule has 0 aliphatic carbocycles. The molecule has 2 N–H and O–H groups in total. The van der Waals surface area contributed by atoms with Crippen LogP contribution in [-0.4, -0.2) is 43.3 Å². The van der Waals surface area contributed by atoms with Crippen molar-refractivity contribution >= 4 is 76.4 Å². The maximum atomic E-state index is 11.9. The maximum absolute atomic E-state index is 11.9. The topological polar surface area (TPSA) is 91.0 Å². The fraction of sp³-hybridized carbons (Fsp3) is 0.214. The smallest absolute Gasteiger partial charge is 0.147 e. The summed E-state index contributed by atoms with van der Waals surface area (Å²) >= 11 is 3.59. The summed E-state index contributed by atoms with van der Waals surface area (Å²) in [5.41, 5.74) is -0.567. The van der Waals surface area contributed by atoms with E-state index in [9.17, 15) is 19.1 Å². The summed E-state index contributed by atoms with van der Waals surface area (Å²) in [6.45, 7) is 0.793. The number of rotatable bonds is 3. The van der Waals surface area contributed by atoms with Crippen LogP contribution in [0.15, 0.2) is 31.9 Å². The molecule has 0 fully saturated rings. The third kappa shape index (κ3) is 3.57. The molecule has 24 heavy (non-hydrogen) atoms. The van der Waals surface area contributed by atoms with Crippen molar-refractivity contribution in [3.63, 3.8) is 0 Å². The molecule has 0 aliphatic heterocycles. The van der Waals surface area contributed by atoms with Crippen LogP contribution in [0.25, 0.3) is 20.6 Å². The Balaban J connectivity index is 0.00000208. The van der Waals surface area contributed by atoms with Crippen LogP contribution >= 0.6 is 35.9 Å². The molecule has 10 heteroatoms. The van der Waals surface area contributed by atoms with Crippen molar-refractivity contribution in [3.8, 4) is 0 Å². The van der Waals surface area contributed by atoms with Gasteiger partial charge in [-0.05, 0) is 0 Å². The van der Waals surface area contributed by atoms with E-state index in [0.717, 1.165) is 20.7 Å². The normalized spacial score (nSPS) is 12.1. The van der Waals surface area contributed by atoms with Crippen LogP contribution in [0.1, 0.15) is 4.44 Å².